The minimum absolute atomic E-state index is 0.0258. The van der Waals surface area contributed by atoms with E-state index in [1.54, 1.807) is 24.4 Å². The number of nitro benzene ring substituents is 1. The molecule has 0 unspecified atom stereocenters. The van der Waals surface area contributed by atoms with E-state index in [1.807, 2.05) is 6.07 Å². The molecule has 3 N–H and O–H groups in total. The minimum Gasteiger partial charge on any atom is -0.455 e. The van der Waals surface area contributed by atoms with Crippen molar-refractivity contribution in [2.45, 2.75) is 89.6 Å². The van der Waals surface area contributed by atoms with Gasteiger partial charge >= 0.3 is 6.18 Å². The van der Waals surface area contributed by atoms with Crippen LogP contribution in [0, 0.1) is 38.2 Å². The maximum absolute atomic E-state index is 14.1. The second kappa shape index (κ2) is 15.8. The van der Waals surface area contributed by atoms with Gasteiger partial charge in [0.25, 0.3) is 21.6 Å². The molecule has 13 nitrogen and oxygen atoms in total. The number of benzene rings is 2. The monoisotopic (exact) mass is 889 g/mol. The van der Waals surface area contributed by atoms with Crippen LogP contribution in [0.25, 0.3) is 11.0 Å². The van der Waals surface area contributed by atoms with Gasteiger partial charge in [-0.05, 0) is 98.6 Å². The average molecular weight is 890 g/mol. The predicted octanol–water partition coefficient (Wildman–Crippen LogP) is 9.59. The number of nitrogens with one attached hydrogen (secondary N) is 3. The normalized spacial score (nSPS) is 26.0. The van der Waals surface area contributed by atoms with Gasteiger partial charge in [-0.15, -0.1) is 0 Å². The number of sulfonamides is 1. The van der Waals surface area contributed by atoms with Crippen molar-refractivity contribution in [3.63, 3.8) is 0 Å². The highest BCUT2D eigenvalue weighted by Gasteiger charge is 2.94. The van der Waals surface area contributed by atoms with Crippen molar-refractivity contribution in [1.82, 2.24) is 19.6 Å². The Morgan fingerprint density at radius 1 is 1.03 bits per heavy atom. The Labute approximate surface area is 365 Å². The summed E-state index contributed by atoms with van der Waals surface area (Å²) in [5.41, 5.74) is 1.05. The number of alkyl halides is 3. The lowest BCUT2D eigenvalue weighted by atomic mass is 9.71. The van der Waals surface area contributed by atoms with E-state index in [9.17, 15) is 36.5 Å². The number of nitro groups is 1. The first-order valence-corrected chi connectivity index (χ1v) is 23.4. The van der Waals surface area contributed by atoms with E-state index in [0.717, 1.165) is 61.2 Å². The SMILES string of the molecule is CC1CCC(CNc2ccc(S(=O)(=O)NC(=O)c3ccc(N4CCN(CC5=C(C67CC6(C(F)(F)F)C7)CC(C)(C)CC5)CC4)cc3Oc3cnc4[nH]ccc4c3)cc2[N+](=O)[O-])CC1. The molecule has 4 aromatic rings. The molecule has 0 bridgehead atoms. The molecule has 4 aliphatic carbocycles. The number of carbonyl (C=O) groups excluding carboxylic acids is 1. The molecular formula is C46H54F3N7O6S. The largest absolute Gasteiger partial charge is 0.455 e. The van der Waals surface area contributed by atoms with Crippen molar-refractivity contribution in [3.8, 4) is 11.5 Å². The first-order valence-electron chi connectivity index (χ1n) is 22.0. The van der Waals surface area contributed by atoms with Crippen LogP contribution in [0.4, 0.5) is 30.2 Å². The fraction of sp³-hybridized carbons (Fsp3) is 0.522. The smallest absolute Gasteiger partial charge is 0.395 e. The first kappa shape index (κ1) is 43.1. The third-order valence-electron chi connectivity index (χ3n) is 14.6. The number of hydrogen-bond acceptors (Lipinski definition) is 10. The van der Waals surface area contributed by atoms with Gasteiger partial charge in [0.15, 0.2) is 0 Å². The van der Waals surface area contributed by atoms with E-state index >= 15 is 0 Å². The van der Waals surface area contributed by atoms with Crippen LogP contribution in [0.3, 0.4) is 0 Å². The zero-order valence-electron chi connectivity index (χ0n) is 35.8. The van der Waals surface area contributed by atoms with Crippen LogP contribution in [0.1, 0.15) is 88.9 Å². The summed E-state index contributed by atoms with van der Waals surface area (Å²) in [5, 5.41) is 16.0. The van der Waals surface area contributed by atoms with E-state index in [0.29, 0.717) is 68.9 Å². The standard InChI is InChI=1S/C46H54F3N7O6S/c1-29-4-6-30(7-5-29)24-51-38-11-9-35(22-39(38)56(58)59)63(60,61)53-42(57)36-10-8-33(21-40(36)62-34-20-31-13-15-50-41(31)52-25-34)55-18-16-54(17-19-55)26-32-12-14-43(2,3)23-37(32)44-27-45(44,28-44)46(47,48)49/h8-11,13,15,20-22,25,29-30,51H,4-7,12,14,16-19,23-24,26-28H2,1-3H3,(H,50,52)(H,53,57). The Bertz CT molecular complexity index is 2590. The summed E-state index contributed by atoms with van der Waals surface area (Å²) in [7, 11) is -4.59. The fourth-order valence-electron chi connectivity index (χ4n) is 10.4. The molecule has 17 heteroatoms. The highest BCUT2D eigenvalue weighted by atomic mass is 32.2. The highest BCUT2D eigenvalue weighted by molar-refractivity contribution is 7.90. The molecule has 5 aliphatic rings. The Morgan fingerprint density at radius 2 is 1.78 bits per heavy atom. The lowest BCUT2D eigenvalue weighted by Gasteiger charge is -2.40. The molecule has 3 heterocycles. The molecule has 63 heavy (non-hydrogen) atoms. The van der Waals surface area contributed by atoms with Crippen molar-refractivity contribution < 1.29 is 36.0 Å². The third kappa shape index (κ3) is 8.38. The molecule has 336 valence electrons. The van der Waals surface area contributed by atoms with E-state index in [4.69, 9.17) is 4.74 Å². The summed E-state index contributed by atoms with van der Waals surface area (Å²) in [6.07, 6.45) is 6.17. The topological polar surface area (TPSA) is 163 Å². The number of ether oxygens (including phenoxy) is 1. The molecule has 1 aliphatic heterocycles. The Hall–Kier alpha value is -5.16. The number of piperazine rings is 1. The van der Waals surface area contributed by atoms with Gasteiger partial charge in [0, 0.05) is 74.1 Å². The average Bonchev–Trinajstić information content (AvgIpc) is 4.04. The molecule has 0 spiro atoms. The quantitative estimate of drug-likeness (QED) is 0.0670. The van der Waals surface area contributed by atoms with Crippen molar-refractivity contribution in [2.24, 2.45) is 28.1 Å². The van der Waals surface area contributed by atoms with Crippen molar-refractivity contribution in [2.75, 3.05) is 49.5 Å². The highest BCUT2D eigenvalue weighted by Crippen LogP contribution is 2.94. The van der Waals surface area contributed by atoms with E-state index in [2.05, 4.69) is 50.6 Å². The zero-order chi connectivity index (χ0) is 44.5. The van der Waals surface area contributed by atoms with E-state index < -0.39 is 48.4 Å². The van der Waals surface area contributed by atoms with Crippen molar-refractivity contribution >= 4 is 44.0 Å². The molecule has 4 fully saturated rings. The molecule has 2 aromatic heterocycles. The Balaban J connectivity index is 0.918. The number of fused-ring (bicyclic) bond motifs is 2. The van der Waals surface area contributed by atoms with E-state index in [1.165, 1.54) is 30.0 Å². The number of amides is 1. The first-order chi connectivity index (χ1) is 29.9. The summed E-state index contributed by atoms with van der Waals surface area (Å²) in [5.74, 6) is 0.405. The van der Waals surface area contributed by atoms with Gasteiger partial charge in [0.2, 0.25) is 0 Å². The molecule has 2 aromatic carbocycles. The molecule has 0 atom stereocenters. The lowest BCUT2D eigenvalue weighted by molar-refractivity contribution is -0.384. The predicted molar refractivity (Wildman–Crippen MR) is 233 cm³/mol. The van der Waals surface area contributed by atoms with Crippen LogP contribution < -0.4 is 19.7 Å². The third-order valence-corrected chi connectivity index (χ3v) is 15.9. The summed E-state index contributed by atoms with van der Waals surface area (Å²) < 4.78 is 77.9. The number of aromatic amines is 1. The minimum atomic E-state index is -4.59. The molecule has 3 saturated carbocycles. The van der Waals surface area contributed by atoms with Crippen LogP contribution in [0.15, 0.2) is 77.0 Å². The summed E-state index contributed by atoms with van der Waals surface area (Å²) in [6, 6.07) is 12.0. The van der Waals surface area contributed by atoms with Crippen LogP contribution in [0.5, 0.6) is 11.5 Å². The number of hydrogen-bond donors (Lipinski definition) is 3. The van der Waals surface area contributed by atoms with Crippen LogP contribution in [0.2, 0.25) is 0 Å². The number of nitrogens with zero attached hydrogens (tertiary/aromatic N) is 4. The van der Waals surface area contributed by atoms with Gasteiger partial charge in [-0.1, -0.05) is 44.8 Å². The van der Waals surface area contributed by atoms with Crippen LogP contribution >= 0.6 is 0 Å². The van der Waals surface area contributed by atoms with Crippen LogP contribution in [-0.2, 0) is 10.0 Å². The molecule has 0 radical (unpaired) electrons. The number of pyridine rings is 1. The van der Waals surface area contributed by atoms with Crippen molar-refractivity contribution in [1.29, 1.82) is 0 Å². The number of H-pyrrole nitrogens is 1. The van der Waals surface area contributed by atoms with Crippen molar-refractivity contribution in [3.05, 3.63) is 87.7 Å². The van der Waals surface area contributed by atoms with Gasteiger partial charge in [-0.2, -0.15) is 13.2 Å². The second-order valence-electron chi connectivity index (χ2n) is 19.4. The number of halogens is 3. The Morgan fingerprint density at radius 3 is 2.48 bits per heavy atom. The summed E-state index contributed by atoms with van der Waals surface area (Å²) in [6.45, 7) is 10.3. The molecule has 9 rings (SSSR count). The zero-order valence-corrected chi connectivity index (χ0v) is 36.6. The number of aromatic nitrogens is 2. The lowest BCUT2D eigenvalue weighted by Crippen LogP contribution is -2.47. The fourth-order valence-corrected chi connectivity index (χ4v) is 11.4. The summed E-state index contributed by atoms with van der Waals surface area (Å²) >= 11 is 0. The number of allylic oxidation sites excluding steroid dienone is 1. The Kier molecular flexibility index (Phi) is 10.8. The number of anilines is 2. The maximum atomic E-state index is 14.1. The van der Waals surface area contributed by atoms with Gasteiger partial charge in [-0.25, -0.2) is 18.1 Å². The van der Waals surface area contributed by atoms with Gasteiger partial charge in [0.05, 0.1) is 27.0 Å². The van der Waals surface area contributed by atoms with Crippen LogP contribution in [-0.4, -0.2) is 79.6 Å². The van der Waals surface area contributed by atoms with Gasteiger partial charge in [-0.3, -0.25) is 19.8 Å². The number of rotatable bonds is 13. The second-order valence-corrected chi connectivity index (χ2v) is 21.1. The molecule has 1 amide bonds. The van der Waals surface area contributed by atoms with Gasteiger partial charge < -0.3 is 19.9 Å². The summed E-state index contributed by atoms with van der Waals surface area (Å²) in [4.78, 5) is 36.8. The van der Waals surface area contributed by atoms with E-state index in [-0.39, 0.29) is 35.3 Å². The number of carbonyl (C=O) groups is 1. The molecule has 1 saturated heterocycles. The maximum Gasteiger partial charge on any atom is 0.395 e. The molecular weight excluding hydrogens is 836 g/mol. The van der Waals surface area contributed by atoms with Gasteiger partial charge in [0.1, 0.15) is 22.8 Å².